The molecule has 0 saturated heterocycles. The van der Waals surface area contributed by atoms with Crippen molar-refractivity contribution in [3.05, 3.63) is 83.2 Å². The van der Waals surface area contributed by atoms with Crippen molar-refractivity contribution in [2.24, 2.45) is 4.99 Å². The van der Waals surface area contributed by atoms with Gasteiger partial charge in [0, 0.05) is 28.9 Å². The molecule has 0 aliphatic carbocycles. The van der Waals surface area contributed by atoms with Gasteiger partial charge in [0.15, 0.2) is 0 Å². The van der Waals surface area contributed by atoms with Gasteiger partial charge >= 0.3 is 0 Å². The number of halogens is 2. The van der Waals surface area contributed by atoms with Gasteiger partial charge in [-0.15, -0.1) is 0 Å². The number of aryl methyl sites for hydroxylation is 1. The molecule has 0 fully saturated rings. The second-order valence-electron chi connectivity index (χ2n) is 5.37. The first-order chi connectivity index (χ1) is 11.0. The van der Waals surface area contributed by atoms with Crippen LogP contribution in [0.5, 0.6) is 0 Å². The molecule has 3 rings (SSSR count). The molecule has 3 aromatic rings. The van der Waals surface area contributed by atoms with Gasteiger partial charge in [-0.1, -0.05) is 0 Å². The van der Waals surface area contributed by atoms with Crippen molar-refractivity contribution in [3.8, 4) is 5.69 Å². The van der Waals surface area contributed by atoms with Crippen LogP contribution in [0.3, 0.4) is 0 Å². The highest BCUT2D eigenvalue weighted by atomic mass is 19.1. The summed E-state index contributed by atoms with van der Waals surface area (Å²) in [6.45, 7) is 3.98. The zero-order valence-electron chi connectivity index (χ0n) is 12.9. The summed E-state index contributed by atoms with van der Waals surface area (Å²) < 4.78 is 28.0. The predicted molar refractivity (Wildman–Crippen MR) is 88.9 cm³/mol. The molecule has 23 heavy (non-hydrogen) atoms. The zero-order valence-corrected chi connectivity index (χ0v) is 12.9. The number of benzene rings is 2. The summed E-state index contributed by atoms with van der Waals surface area (Å²) in [5, 5.41) is 0. The molecular weight excluding hydrogens is 294 g/mol. The minimum Gasteiger partial charge on any atom is -0.318 e. The van der Waals surface area contributed by atoms with Gasteiger partial charge < -0.3 is 4.57 Å². The maximum Gasteiger partial charge on any atom is 0.123 e. The average Bonchev–Trinajstić information content (AvgIpc) is 2.82. The first kappa shape index (κ1) is 15.2. The molecule has 116 valence electrons. The first-order valence-corrected chi connectivity index (χ1v) is 7.29. The van der Waals surface area contributed by atoms with Crippen molar-refractivity contribution in [2.75, 3.05) is 0 Å². The average molecular weight is 310 g/mol. The van der Waals surface area contributed by atoms with Gasteiger partial charge in [0.25, 0.3) is 0 Å². The Bertz CT molecular complexity index is 844. The Morgan fingerprint density at radius 1 is 0.870 bits per heavy atom. The van der Waals surface area contributed by atoms with E-state index < -0.39 is 0 Å². The van der Waals surface area contributed by atoms with Gasteiger partial charge in [0.2, 0.25) is 0 Å². The van der Waals surface area contributed by atoms with Gasteiger partial charge in [-0.2, -0.15) is 0 Å². The fourth-order valence-corrected chi connectivity index (χ4v) is 2.58. The number of nitrogens with zero attached hydrogens (tertiary/aromatic N) is 2. The highest BCUT2D eigenvalue weighted by molar-refractivity contribution is 5.84. The van der Waals surface area contributed by atoms with Crippen LogP contribution in [0.4, 0.5) is 14.5 Å². The van der Waals surface area contributed by atoms with Crippen molar-refractivity contribution >= 4 is 11.9 Å². The number of rotatable bonds is 3. The van der Waals surface area contributed by atoms with Crippen LogP contribution in [0.25, 0.3) is 5.69 Å². The molecule has 2 aromatic carbocycles. The lowest BCUT2D eigenvalue weighted by Gasteiger charge is -2.09. The molecule has 1 heterocycles. The number of hydrogen-bond donors (Lipinski definition) is 0. The maximum absolute atomic E-state index is 13.1. The van der Waals surface area contributed by atoms with Crippen molar-refractivity contribution in [2.45, 2.75) is 13.8 Å². The van der Waals surface area contributed by atoms with Crippen LogP contribution in [-0.4, -0.2) is 10.8 Å². The van der Waals surface area contributed by atoms with E-state index in [-0.39, 0.29) is 11.6 Å². The van der Waals surface area contributed by atoms with Crippen LogP contribution < -0.4 is 0 Å². The number of aliphatic imine (C=N–C) groups is 1. The van der Waals surface area contributed by atoms with Crippen LogP contribution in [0.2, 0.25) is 0 Å². The predicted octanol–water partition coefficient (Wildman–Crippen LogP) is 5.12. The molecule has 0 unspecified atom stereocenters. The Kier molecular flexibility index (Phi) is 4.06. The van der Waals surface area contributed by atoms with Crippen LogP contribution in [-0.2, 0) is 0 Å². The van der Waals surface area contributed by atoms with Gasteiger partial charge in [-0.3, -0.25) is 4.99 Å². The fraction of sp³-hybridized carbons (Fsp3) is 0.105. The molecule has 0 aliphatic heterocycles. The molecule has 0 atom stereocenters. The summed E-state index contributed by atoms with van der Waals surface area (Å²) in [6, 6.07) is 14.4. The third kappa shape index (κ3) is 3.21. The number of aromatic nitrogens is 1. The lowest BCUT2D eigenvalue weighted by Crippen LogP contribution is -1.99. The largest absolute Gasteiger partial charge is 0.318 e. The van der Waals surface area contributed by atoms with Crippen LogP contribution >= 0.6 is 0 Å². The smallest absolute Gasteiger partial charge is 0.123 e. The first-order valence-electron chi connectivity index (χ1n) is 7.29. The molecule has 0 bridgehead atoms. The summed E-state index contributed by atoms with van der Waals surface area (Å²) in [4.78, 5) is 4.38. The van der Waals surface area contributed by atoms with Crippen LogP contribution in [0.15, 0.2) is 59.6 Å². The van der Waals surface area contributed by atoms with Crippen molar-refractivity contribution in [1.82, 2.24) is 4.57 Å². The van der Waals surface area contributed by atoms with E-state index in [1.807, 2.05) is 24.5 Å². The molecule has 0 saturated carbocycles. The molecule has 0 radical (unpaired) electrons. The monoisotopic (exact) mass is 310 g/mol. The highest BCUT2D eigenvalue weighted by Gasteiger charge is 2.09. The summed E-state index contributed by atoms with van der Waals surface area (Å²) in [5.74, 6) is -0.534. The van der Waals surface area contributed by atoms with Crippen molar-refractivity contribution in [1.29, 1.82) is 0 Å². The SMILES string of the molecule is Cc1cc(C=Nc2ccc(F)cc2)c(C)n1-c1ccc(F)cc1. The molecule has 4 heteroatoms. The van der Waals surface area contributed by atoms with Crippen LogP contribution in [0, 0.1) is 25.5 Å². The molecule has 0 N–H and O–H groups in total. The Morgan fingerprint density at radius 3 is 2.04 bits per heavy atom. The van der Waals surface area contributed by atoms with E-state index >= 15 is 0 Å². The second kappa shape index (κ2) is 6.16. The van der Waals surface area contributed by atoms with E-state index in [2.05, 4.69) is 4.99 Å². The van der Waals surface area contributed by atoms with Gasteiger partial charge in [-0.25, -0.2) is 8.78 Å². The summed E-state index contributed by atoms with van der Waals surface area (Å²) in [5.41, 5.74) is 4.62. The Hall–Kier alpha value is -2.75. The normalized spacial score (nSPS) is 11.3. The lowest BCUT2D eigenvalue weighted by molar-refractivity contribution is 0.627. The minimum absolute atomic E-state index is 0.255. The van der Waals surface area contributed by atoms with Gasteiger partial charge in [0.05, 0.1) is 5.69 Å². The lowest BCUT2D eigenvalue weighted by atomic mass is 10.2. The quantitative estimate of drug-likeness (QED) is 0.597. The van der Waals surface area contributed by atoms with Crippen molar-refractivity contribution < 1.29 is 8.78 Å². The number of hydrogen-bond acceptors (Lipinski definition) is 1. The van der Waals surface area contributed by atoms with E-state index in [1.165, 1.54) is 24.3 Å². The molecule has 0 aliphatic rings. The van der Waals surface area contributed by atoms with E-state index in [9.17, 15) is 8.78 Å². The zero-order chi connectivity index (χ0) is 16.4. The molecule has 0 spiro atoms. The molecular formula is C19H16F2N2. The molecule has 0 amide bonds. The van der Waals surface area contributed by atoms with E-state index in [1.54, 1.807) is 30.5 Å². The minimum atomic E-state index is -0.279. The fourth-order valence-electron chi connectivity index (χ4n) is 2.58. The van der Waals surface area contributed by atoms with E-state index in [0.29, 0.717) is 5.69 Å². The second-order valence-corrected chi connectivity index (χ2v) is 5.37. The third-order valence-electron chi connectivity index (χ3n) is 3.73. The Balaban J connectivity index is 1.94. The molecule has 1 aromatic heterocycles. The highest BCUT2D eigenvalue weighted by Crippen LogP contribution is 2.21. The van der Waals surface area contributed by atoms with Crippen molar-refractivity contribution in [3.63, 3.8) is 0 Å². The molecule has 2 nitrogen and oxygen atoms in total. The summed E-state index contributed by atoms with van der Waals surface area (Å²) in [6.07, 6.45) is 1.76. The Morgan fingerprint density at radius 2 is 1.43 bits per heavy atom. The maximum atomic E-state index is 13.1. The summed E-state index contributed by atoms with van der Waals surface area (Å²) in [7, 11) is 0. The van der Waals surface area contributed by atoms with E-state index in [4.69, 9.17) is 0 Å². The Labute approximate surface area is 133 Å². The van der Waals surface area contributed by atoms with Gasteiger partial charge in [-0.05, 0) is 68.4 Å². The summed E-state index contributed by atoms with van der Waals surface area (Å²) >= 11 is 0. The van der Waals surface area contributed by atoms with Crippen LogP contribution in [0.1, 0.15) is 17.0 Å². The van der Waals surface area contributed by atoms with Gasteiger partial charge in [0.1, 0.15) is 11.6 Å². The van der Waals surface area contributed by atoms with E-state index in [0.717, 1.165) is 22.6 Å². The topological polar surface area (TPSA) is 17.3 Å². The third-order valence-corrected chi connectivity index (χ3v) is 3.73. The standard InChI is InChI=1S/C19H16F2N2/c1-13-11-15(12-22-18-7-3-16(20)4-8-18)14(2)23(13)19-9-5-17(21)6-10-19/h3-12H,1-2H3.